The highest BCUT2D eigenvalue weighted by atomic mass is 14.7. The van der Waals surface area contributed by atoms with Crippen molar-refractivity contribution in [3.05, 3.63) is 0 Å². The summed E-state index contributed by atoms with van der Waals surface area (Å²) in [4.78, 5) is 0. The summed E-state index contributed by atoms with van der Waals surface area (Å²) in [5.74, 6) is 3.06. The number of fused-ring (bicyclic) bond motifs is 1. The topological polar surface area (TPSA) is 26.0 Å². The number of rotatable bonds is 1. The summed E-state index contributed by atoms with van der Waals surface area (Å²) in [6.07, 6.45) is 6.99. The first kappa shape index (κ1) is 7.60. The van der Waals surface area contributed by atoms with Gasteiger partial charge in [0.1, 0.15) is 0 Å². The van der Waals surface area contributed by atoms with Gasteiger partial charge in [-0.2, -0.15) is 0 Å². The Morgan fingerprint density at radius 2 is 1.64 bits per heavy atom. The first-order valence-electron chi connectivity index (χ1n) is 5.05. The fourth-order valence-electron chi connectivity index (χ4n) is 3.12. The molecule has 0 saturated heterocycles. The van der Waals surface area contributed by atoms with Crippen molar-refractivity contribution in [1.82, 2.24) is 0 Å². The Kier molecular flexibility index (Phi) is 1.92. The van der Waals surface area contributed by atoms with Crippen LogP contribution in [0.15, 0.2) is 0 Å². The summed E-state index contributed by atoms with van der Waals surface area (Å²) in [6, 6.07) is 0.544. The molecule has 64 valence electrons. The van der Waals surface area contributed by atoms with Gasteiger partial charge in [-0.25, -0.2) is 0 Å². The van der Waals surface area contributed by atoms with Crippen molar-refractivity contribution in [3.8, 4) is 0 Å². The monoisotopic (exact) mass is 153 g/mol. The molecule has 0 amide bonds. The maximum atomic E-state index is 5.91. The predicted octanol–water partition coefficient (Wildman–Crippen LogP) is 2.16. The van der Waals surface area contributed by atoms with E-state index in [1.165, 1.54) is 32.1 Å². The van der Waals surface area contributed by atoms with Crippen LogP contribution in [-0.4, -0.2) is 6.04 Å². The molecule has 2 N–H and O–H groups in total. The summed E-state index contributed by atoms with van der Waals surface area (Å²) in [5, 5.41) is 0. The van der Waals surface area contributed by atoms with Crippen LogP contribution in [0.25, 0.3) is 0 Å². The normalized spacial score (nSPS) is 49.6. The van der Waals surface area contributed by atoms with Crippen LogP contribution in [0.2, 0.25) is 0 Å². The number of hydrogen-bond acceptors (Lipinski definition) is 1. The largest absolute Gasteiger partial charge is 0.328 e. The second-order valence-corrected chi connectivity index (χ2v) is 4.50. The lowest BCUT2D eigenvalue weighted by molar-refractivity contribution is 0.457. The molecule has 0 heterocycles. The van der Waals surface area contributed by atoms with Crippen LogP contribution >= 0.6 is 0 Å². The van der Waals surface area contributed by atoms with E-state index in [0.29, 0.717) is 6.04 Å². The smallest absolute Gasteiger partial charge is 0.00443 e. The minimum absolute atomic E-state index is 0.544. The molecule has 0 spiro atoms. The van der Waals surface area contributed by atoms with E-state index in [4.69, 9.17) is 5.73 Å². The third-order valence-electron chi connectivity index (χ3n) is 3.73. The van der Waals surface area contributed by atoms with Gasteiger partial charge in [-0.05, 0) is 43.4 Å². The average Bonchev–Trinajstić information content (AvgIpc) is 2.43. The molecule has 0 aromatic rings. The van der Waals surface area contributed by atoms with E-state index < -0.39 is 0 Å². The molecule has 2 saturated carbocycles. The van der Waals surface area contributed by atoms with E-state index in [9.17, 15) is 0 Å². The molecule has 1 heteroatoms. The maximum absolute atomic E-state index is 5.91. The van der Waals surface area contributed by atoms with Gasteiger partial charge < -0.3 is 5.73 Å². The summed E-state index contributed by atoms with van der Waals surface area (Å²) >= 11 is 0. The van der Waals surface area contributed by atoms with Crippen molar-refractivity contribution in [2.75, 3.05) is 0 Å². The molecule has 0 bridgehead atoms. The molecule has 2 unspecified atom stereocenters. The minimum atomic E-state index is 0.544. The average molecular weight is 153 g/mol. The SMILES string of the molecule is CCC1CC2CC(N)CC2C1. The second kappa shape index (κ2) is 2.78. The van der Waals surface area contributed by atoms with Gasteiger partial charge in [0.25, 0.3) is 0 Å². The Labute approximate surface area is 69.4 Å². The third-order valence-corrected chi connectivity index (χ3v) is 3.73. The number of hydrogen-bond donors (Lipinski definition) is 1. The maximum Gasteiger partial charge on any atom is 0.00443 e. The van der Waals surface area contributed by atoms with E-state index in [2.05, 4.69) is 6.92 Å². The first-order valence-corrected chi connectivity index (χ1v) is 5.05. The molecule has 0 aromatic carbocycles. The first-order chi connectivity index (χ1) is 5.29. The summed E-state index contributed by atoms with van der Waals surface area (Å²) in [7, 11) is 0. The van der Waals surface area contributed by atoms with Crippen LogP contribution in [0, 0.1) is 17.8 Å². The van der Waals surface area contributed by atoms with Crippen molar-refractivity contribution in [3.63, 3.8) is 0 Å². The molecular formula is C10H19N. The molecule has 2 aliphatic carbocycles. The number of nitrogens with two attached hydrogens (primary N) is 1. The predicted molar refractivity (Wildman–Crippen MR) is 47.2 cm³/mol. The Morgan fingerprint density at radius 1 is 1.09 bits per heavy atom. The van der Waals surface area contributed by atoms with E-state index in [1.54, 1.807) is 0 Å². The zero-order valence-corrected chi connectivity index (χ0v) is 7.42. The lowest BCUT2D eigenvalue weighted by Gasteiger charge is -2.08. The van der Waals surface area contributed by atoms with Crippen LogP contribution in [-0.2, 0) is 0 Å². The van der Waals surface area contributed by atoms with Crippen LogP contribution in [0.5, 0.6) is 0 Å². The van der Waals surface area contributed by atoms with Crippen molar-refractivity contribution < 1.29 is 0 Å². The third kappa shape index (κ3) is 1.31. The Morgan fingerprint density at radius 3 is 2.09 bits per heavy atom. The van der Waals surface area contributed by atoms with Crippen LogP contribution in [0.1, 0.15) is 39.0 Å². The molecule has 0 aromatic heterocycles. The van der Waals surface area contributed by atoms with Crippen molar-refractivity contribution in [1.29, 1.82) is 0 Å². The molecule has 2 aliphatic rings. The Hall–Kier alpha value is -0.0400. The second-order valence-electron chi connectivity index (χ2n) is 4.50. The summed E-state index contributed by atoms with van der Waals surface area (Å²) in [6.45, 7) is 2.33. The highest BCUT2D eigenvalue weighted by Crippen LogP contribution is 2.47. The van der Waals surface area contributed by atoms with Gasteiger partial charge in [0, 0.05) is 6.04 Å². The highest BCUT2D eigenvalue weighted by molar-refractivity contribution is 4.92. The van der Waals surface area contributed by atoms with Gasteiger partial charge in [-0.3, -0.25) is 0 Å². The Bertz CT molecular complexity index is 130. The molecule has 11 heavy (non-hydrogen) atoms. The van der Waals surface area contributed by atoms with Gasteiger partial charge in [0.05, 0.1) is 0 Å². The molecule has 2 atom stereocenters. The van der Waals surface area contributed by atoms with E-state index in [-0.39, 0.29) is 0 Å². The molecule has 1 nitrogen and oxygen atoms in total. The van der Waals surface area contributed by atoms with Crippen molar-refractivity contribution >= 4 is 0 Å². The van der Waals surface area contributed by atoms with Gasteiger partial charge in [-0.1, -0.05) is 13.3 Å². The van der Waals surface area contributed by atoms with Gasteiger partial charge in [0.2, 0.25) is 0 Å². The van der Waals surface area contributed by atoms with Crippen molar-refractivity contribution in [2.24, 2.45) is 23.5 Å². The van der Waals surface area contributed by atoms with Gasteiger partial charge in [-0.15, -0.1) is 0 Å². The van der Waals surface area contributed by atoms with Crippen LogP contribution < -0.4 is 5.73 Å². The summed E-state index contributed by atoms with van der Waals surface area (Å²) in [5.41, 5.74) is 5.91. The zero-order chi connectivity index (χ0) is 7.84. The molecule has 2 rings (SSSR count). The fourth-order valence-corrected chi connectivity index (χ4v) is 3.12. The molecule has 2 fully saturated rings. The van der Waals surface area contributed by atoms with Crippen molar-refractivity contribution in [2.45, 2.75) is 45.1 Å². The quantitative estimate of drug-likeness (QED) is 0.614. The van der Waals surface area contributed by atoms with Crippen LogP contribution in [0.3, 0.4) is 0 Å². The standard InChI is InChI=1S/C10H19N/c1-2-7-3-8-5-10(11)6-9(8)4-7/h7-10H,2-6,11H2,1H3. The minimum Gasteiger partial charge on any atom is -0.328 e. The molecular weight excluding hydrogens is 134 g/mol. The Balaban J connectivity index is 1.93. The van der Waals surface area contributed by atoms with Gasteiger partial charge >= 0.3 is 0 Å². The van der Waals surface area contributed by atoms with E-state index in [0.717, 1.165) is 17.8 Å². The summed E-state index contributed by atoms with van der Waals surface area (Å²) < 4.78 is 0. The van der Waals surface area contributed by atoms with E-state index in [1.807, 2.05) is 0 Å². The fraction of sp³-hybridized carbons (Fsp3) is 1.00. The van der Waals surface area contributed by atoms with Crippen LogP contribution in [0.4, 0.5) is 0 Å². The molecule has 0 aliphatic heterocycles. The lowest BCUT2D eigenvalue weighted by Crippen LogP contribution is -2.16. The van der Waals surface area contributed by atoms with Gasteiger partial charge in [0.15, 0.2) is 0 Å². The molecule has 0 radical (unpaired) electrons. The zero-order valence-electron chi connectivity index (χ0n) is 7.42. The lowest BCUT2D eigenvalue weighted by atomic mass is 10.00. The highest BCUT2D eigenvalue weighted by Gasteiger charge is 2.39. The van der Waals surface area contributed by atoms with E-state index >= 15 is 0 Å².